The minimum absolute atomic E-state index is 0.345. The molecule has 0 spiro atoms. The Kier molecular flexibility index (Phi) is 4.05. The lowest BCUT2D eigenvalue weighted by Crippen LogP contribution is -1.96. The molecule has 0 bridgehead atoms. The zero-order chi connectivity index (χ0) is 19.8. The summed E-state index contributed by atoms with van der Waals surface area (Å²) >= 11 is 0. The van der Waals surface area contributed by atoms with Gasteiger partial charge in [-0.3, -0.25) is 4.98 Å². The Morgan fingerprint density at radius 3 is 1.97 bits per heavy atom. The van der Waals surface area contributed by atoms with Crippen LogP contribution in [0.4, 0.5) is 8.78 Å². The van der Waals surface area contributed by atoms with Crippen molar-refractivity contribution in [1.82, 2.24) is 20.3 Å². The summed E-state index contributed by atoms with van der Waals surface area (Å²) < 4.78 is 31.9. The first-order valence-corrected chi connectivity index (χ1v) is 8.79. The van der Waals surface area contributed by atoms with Gasteiger partial charge in [0.25, 0.3) is 0 Å². The molecule has 3 heterocycles. The van der Waals surface area contributed by atoms with Crippen molar-refractivity contribution in [3.05, 3.63) is 84.7 Å². The smallest absolute Gasteiger partial charge is 0.162 e. The number of hydrogen-bond donors (Lipinski definition) is 0. The molecule has 0 N–H and O–H groups in total. The van der Waals surface area contributed by atoms with E-state index in [0.29, 0.717) is 39.1 Å². The molecule has 0 saturated heterocycles. The molecule has 0 aliphatic heterocycles. The van der Waals surface area contributed by atoms with Crippen molar-refractivity contribution in [2.24, 2.45) is 0 Å². The van der Waals surface area contributed by atoms with E-state index >= 15 is 0 Å². The summed E-state index contributed by atoms with van der Waals surface area (Å²) in [6, 6.07) is 15.7. The summed E-state index contributed by atoms with van der Waals surface area (Å²) in [6.07, 6.45) is 3.35. The Balaban J connectivity index is 1.86. The number of hydrogen-bond acceptors (Lipinski definition) is 5. The van der Waals surface area contributed by atoms with Crippen LogP contribution in [-0.4, -0.2) is 20.3 Å². The maximum atomic E-state index is 13.5. The molecule has 7 heteroatoms. The monoisotopic (exact) mass is 386 g/mol. The fraction of sp³-hybridized carbons (Fsp3) is 0. The van der Waals surface area contributed by atoms with Gasteiger partial charge >= 0.3 is 0 Å². The molecular weight excluding hydrogens is 374 g/mol. The molecule has 5 nitrogen and oxygen atoms in total. The molecule has 0 unspecified atom stereocenters. The fourth-order valence-corrected chi connectivity index (χ4v) is 3.25. The van der Waals surface area contributed by atoms with Crippen LogP contribution in [0.5, 0.6) is 0 Å². The highest BCUT2D eigenvalue weighted by atomic mass is 19.1. The van der Waals surface area contributed by atoms with E-state index in [0.717, 1.165) is 5.56 Å². The molecule has 0 amide bonds. The second kappa shape index (κ2) is 6.87. The average molecular weight is 386 g/mol. The normalized spacial score (nSPS) is 11.1. The summed E-state index contributed by atoms with van der Waals surface area (Å²) in [7, 11) is 0. The summed E-state index contributed by atoms with van der Waals surface area (Å²) in [5.74, 6) is -0.694. The highest BCUT2D eigenvalue weighted by molar-refractivity contribution is 6.03. The van der Waals surface area contributed by atoms with Gasteiger partial charge in [0.1, 0.15) is 22.8 Å². The third kappa shape index (κ3) is 3.02. The van der Waals surface area contributed by atoms with Gasteiger partial charge in [-0.05, 0) is 64.4 Å². The SMILES string of the molecule is Fc1ccc(-c2nc(-c3cccnc3)c(-c3ccc(F)cc3)c3nonc23)cc1. The van der Waals surface area contributed by atoms with Gasteiger partial charge in [-0.1, -0.05) is 12.1 Å². The van der Waals surface area contributed by atoms with Gasteiger partial charge in [-0.15, -0.1) is 0 Å². The Morgan fingerprint density at radius 2 is 1.31 bits per heavy atom. The number of fused-ring (bicyclic) bond motifs is 1. The third-order valence-electron chi connectivity index (χ3n) is 4.60. The summed E-state index contributed by atoms with van der Waals surface area (Å²) in [5.41, 5.74) is 4.79. The first kappa shape index (κ1) is 17.1. The number of pyridine rings is 2. The fourth-order valence-electron chi connectivity index (χ4n) is 3.25. The van der Waals surface area contributed by atoms with E-state index in [4.69, 9.17) is 9.61 Å². The number of halogens is 2. The van der Waals surface area contributed by atoms with E-state index in [1.54, 1.807) is 42.7 Å². The third-order valence-corrected chi connectivity index (χ3v) is 4.60. The Hall–Kier alpha value is -4.00. The van der Waals surface area contributed by atoms with Crippen LogP contribution in [0.3, 0.4) is 0 Å². The van der Waals surface area contributed by atoms with E-state index in [9.17, 15) is 8.78 Å². The zero-order valence-electron chi connectivity index (χ0n) is 14.9. The Morgan fingerprint density at radius 1 is 0.655 bits per heavy atom. The van der Waals surface area contributed by atoms with Crippen LogP contribution >= 0.6 is 0 Å². The lowest BCUT2D eigenvalue weighted by atomic mass is 9.96. The molecule has 140 valence electrons. The molecule has 0 saturated carbocycles. The number of rotatable bonds is 3. The minimum Gasteiger partial charge on any atom is -0.264 e. The second-order valence-corrected chi connectivity index (χ2v) is 6.40. The molecule has 3 aromatic heterocycles. The van der Waals surface area contributed by atoms with Crippen molar-refractivity contribution in [1.29, 1.82) is 0 Å². The lowest BCUT2D eigenvalue weighted by Gasteiger charge is -2.12. The molecule has 5 rings (SSSR count). The van der Waals surface area contributed by atoms with Crippen LogP contribution in [0.25, 0.3) is 44.7 Å². The van der Waals surface area contributed by atoms with Gasteiger partial charge in [-0.2, -0.15) is 0 Å². The summed E-state index contributed by atoms with van der Waals surface area (Å²) in [6.45, 7) is 0. The lowest BCUT2D eigenvalue weighted by molar-refractivity contribution is 0.315. The van der Waals surface area contributed by atoms with Crippen molar-refractivity contribution in [3.8, 4) is 33.6 Å². The van der Waals surface area contributed by atoms with Gasteiger partial charge in [0.2, 0.25) is 0 Å². The van der Waals surface area contributed by atoms with Crippen molar-refractivity contribution in [3.63, 3.8) is 0 Å². The van der Waals surface area contributed by atoms with E-state index in [1.165, 1.54) is 24.3 Å². The standard InChI is InChI=1S/C22H12F2N4O/c23-16-7-3-13(4-8-16)18-19(15-2-1-11-25-12-15)26-20(22-21(18)27-29-28-22)14-5-9-17(24)10-6-14/h1-12H. The van der Waals surface area contributed by atoms with Crippen molar-refractivity contribution >= 4 is 11.0 Å². The summed E-state index contributed by atoms with van der Waals surface area (Å²) in [4.78, 5) is 9.01. The van der Waals surface area contributed by atoms with Crippen molar-refractivity contribution in [2.45, 2.75) is 0 Å². The topological polar surface area (TPSA) is 64.7 Å². The van der Waals surface area contributed by atoms with E-state index in [-0.39, 0.29) is 11.6 Å². The van der Waals surface area contributed by atoms with Gasteiger partial charge < -0.3 is 0 Å². The number of benzene rings is 2. The highest BCUT2D eigenvalue weighted by Gasteiger charge is 2.22. The molecule has 5 aromatic rings. The molecule has 0 atom stereocenters. The first-order valence-electron chi connectivity index (χ1n) is 8.79. The van der Waals surface area contributed by atoms with E-state index in [1.807, 2.05) is 6.07 Å². The largest absolute Gasteiger partial charge is 0.264 e. The predicted octanol–water partition coefficient (Wildman–Crippen LogP) is 5.29. The predicted molar refractivity (Wildman–Crippen MR) is 104 cm³/mol. The minimum atomic E-state index is -0.348. The van der Waals surface area contributed by atoms with Gasteiger partial charge in [0.05, 0.1) is 5.69 Å². The number of nitrogens with zero attached hydrogens (tertiary/aromatic N) is 4. The van der Waals surface area contributed by atoms with E-state index in [2.05, 4.69) is 15.3 Å². The van der Waals surface area contributed by atoms with Crippen LogP contribution < -0.4 is 0 Å². The highest BCUT2D eigenvalue weighted by Crippen LogP contribution is 2.39. The van der Waals surface area contributed by atoms with Crippen LogP contribution in [-0.2, 0) is 0 Å². The van der Waals surface area contributed by atoms with Gasteiger partial charge in [0, 0.05) is 29.1 Å². The second-order valence-electron chi connectivity index (χ2n) is 6.40. The quantitative estimate of drug-likeness (QED) is 0.421. The molecule has 29 heavy (non-hydrogen) atoms. The maximum absolute atomic E-state index is 13.5. The molecule has 0 fully saturated rings. The van der Waals surface area contributed by atoms with Crippen molar-refractivity contribution < 1.29 is 13.4 Å². The van der Waals surface area contributed by atoms with Crippen LogP contribution in [0.1, 0.15) is 0 Å². The molecular formula is C22H12F2N4O. The number of aromatic nitrogens is 4. The molecule has 2 aromatic carbocycles. The average Bonchev–Trinajstić information content (AvgIpc) is 3.24. The van der Waals surface area contributed by atoms with Crippen LogP contribution in [0, 0.1) is 11.6 Å². The van der Waals surface area contributed by atoms with Gasteiger partial charge in [-0.25, -0.2) is 18.4 Å². The Bertz CT molecular complexity index is 1300. The van der Waals surface area contributed by atoms with Crippen molar-refractivity contribution in [2.75, 3.05) is 0 Å². The Labute approximate surface area is 163 Å². The van der Waals surface area contributed by atoms with Crippen LogP contribution in [0.2, 0.25) is 0 Å². The van der Waals surface area contributed by atoms with E-state index < -0.39 is 0 Å². The van der Waals surface area contributed by atoms with Crippen LogP contribution in [0.15, 0.2) is 77.7 Å². The molecule has 0 aliphatic rings. The summed E-state index contributed by atoms with van der Waals surface area (Å²) in [5, 5.41) is 8.12. The first-order chi connectivity index (χ1) is 14.2. The van der Waals surface area contributed by atoms with Gasteiger partial charge in [0.15, 0.2) is 5.52 Å². The molecule has 0 radical (unpaired) electrons. The maximum Gasteiger partial charge on any atom is 0.162 e. The zero-order valence-corrected chi connectivity index (χ0v) is 14.9. The molecule has 0 aliphatic carbocycles.